The maximum absolute atomic E-state index is 12.8. The molecule has 0 bridgehead atoms. The van der Waals surface area contributed by atoms with E-state index in [-0.39, 0.29) is 22.8 Å². The van der Waals surface area contributed by atoms with Gasteiger partial charge in [-0.15, -0.1) is 0 Å². The van der Waals surface area contributed by atoms with Gasteiger partial charge in [-0.3, -0.25) is 9.59 Å². The molecule has 2 aliphatic heterocycles. The minimum absolute atomic E-state index is 0.00123. The Morgan fingerprint density at radius 3 is 2.37 bits per heavy atom. The zero-order valence-corrected chi connectivity index (χ0v) is 16.4. The Kier molecular flexibility index (Phi) is 5.83. The SMILES string of the molecule is CN(C)S(=O)(=O)c1cccc(C(=O)N2CCN(C(=O)[C@H]3CCCO3)CC2)c1. The quantitative estimate of drug-likeness (QED) is 0.737. The molecule has 0 N–H and O–H groups in total. The number of nitrogens with zero attached hydrogens (tertiary/aromatic N) is 3. The van der Waals surface area contributed by atoms with E-state index in [0.717, 1.165) is 17.1 Å². The van der Waals surface area contributed by atoms with Gasteiger partial charge in [-0.25, -0.2) is 12.7 Å². The van der Waals surface area contributed by atoms with E-state index < -0.39 is 10.0 Å². The first-order valence-corrected chi connectivity index (χ1v) is 10.5. The highest BCUT2D eigenvalue weighted by atomic mass is 32.2. The number of carbonyl (C=O) groups is 2. The Morgan fingerprint density at radius 1 is 1.11 bits per heavy atom. The summed E-state index contributed by atoms with van der Waals surface area (Å²) in [5.74, 6) is -0.228. The molecule has 27 heavy (non-hydrogen) atoms. The number of amides is 2. The van der Waals surface area contributed by atoms with Crippen molar-refractivity contribution in [1.29, 1.82) is 0 Å². The number of carbonyl (C=O) groups excluding carboxylic acids is 2. The molecule has 9 heteroatoms. The molecule has 0 spiro atoms. The van der Waals surface area contributed by atoms with Crippen LogP contribution in [-0.4, -0.2) is 87.3 Å². The molecule has 1 atom stereocenters. The van der Waals surface area contributed by atoms with Gasteiger partial charge in [0.05, 0.1) is 4.90 Å². The number of sulfonamides is 1. The number of benzene rings is 1. The van der Waals surface area contributed by atoms with Crippen LogP contribution < -0.4 is 0 Å². The van der Waals surface area contributed by atoms with Crippen LogP contribution in [0, 0.1) is 0 Å². The van der Waals surface area contributed by atoms with Crippen LogP contribution in [0.5, 0.6) is 0 Å². The molecule has 0 aromatic heterocycles. The molecule has 0 aliphatic carbocycles. The van der Waals surface area contributed by atoms with Gasteiger partial charge >= 0.3 is 0 Å². The summed E-state index contributed by atoms with van der Waals surface area (Å²) in [5.41, 5.74) is 0.330. The Bertz CT molecular complexity index is 810. The van der Waals surface area contributed by atoms with E-state index >= 15 is 0 Å². The Balaban J connectivity index is 1.65. The normalized spacial score (nSPS) is 20.9. The summed E-state index contributed by atoms with van der Waals surface area (Å²) in [4.78, 5) is 28.6. The molecule has 2 saturated heterocycles. The van der Waals surface area contributed by atoms with Crippen LogP contribution in [0.2, 0.25) is 0 Å². The third-order valence-electron chi connectivity index (χ3n) is 4.94. The van der Waals surface area contributed by atoms with Crippen LogP contribution in [0.1, 0.15) is 23.2 Å². The van der Waals surface area contributed by atoms with Crippen molar-refractivity contribution in [2.45, 2.75) is 23.8 Å². The first-order chi connectivity index (χ1) is 12.8. The molecule has 0 unspecified atom stereocenters. The number of hydrogen-bond donors (Lipinski definition) is 0. The standard InChI is InChI=1S/C18H25N3O5S/c1-19(2)27(24,25)15-6-3-5-14(13-15)17(22)20-8-10-21(11-9-20)18(23)16-7-4-12-26-16/h3,5-6,13,16H,4,7-12H2,1-2H3/t16-/m1/s1. The summed E-state index contributed by atoms with van der Waals surface area (Å²) in [6.45, 7) is 2.38. The predicted molar refractivity (Wildman–Crippen MR) is 98.8 cm³/mol. The van der Waals surface area contributed by atoms with Crippen molar-refractivity contribution in [2.24, 2.45) is 0 Å². The van der Waals surface area contributed by atoms with E-state index in [1.165, 1.54) is 26.2 Å². The van der Waals surface area contributed by atoms with E-state index in [4.69, 9.17) is 4.74 Å². The smallest absolute Gasteiger partial charge is 0.254 e. The molecular formula is C18H25N3O5S. The Hall–Kier alpha value is -1.97. The molecule has 1 aromatic carbocycles. The lowest BCUT2D eigenvalue weighted by Gasteiger charge is -2.35. The Labute approximate surface area is 159 Å². The van der Waals surface area contributed by atoms with Crippen LogP contribution in [0.25, 0.3) is 0 Å². The predicted octanol–water partition coefficient (Wildman–Crippen LogP) is 0.400. The molecule has 2 amide bonds. The fraction of sp³-hybridized carbons (Fsp3) is 0.556. The van der Waals surface area contributed by atoms with Crippen molar-refractivity contribution in [1.82, 2.24) is 14.1 Å². The number of hydrogen-bond acceptors (Lipinski definition) is 5. The van der Waals surface area contributed by atoms with E-state index in [1.807, 2.05) is 0 Å². The average molecular weight is 395 g/mol. The lowest BCUT2D eigenvalue weighted by molar-refractivity contribution is -0.142. The summed E-state index contributed by atoms with van der Waals surface area (Å²) in [6, 6.07) is 6.06. The minimum Gasteiger partial charge on any atom is -0.368 e. The summed E-state index contributed by atoms with van der Waals surface area (Å²) in [6.07, 6.45) is 1.31. The molecule has 148 valence electrons. The van der Waals surface area contributed by atoms with Crippen molar-refractivity contribution in [3.63, 3.8) is 0 Å². The van der Waals surface area contributed by atoms with Gasteiger partial charge in [0.25, 0.3) is 11.8 Å². The fourth-order valence-electron chi connectivity index (χ4n) is 3.29. The number of ether oxygens (including phenoxy) is 1. The van der Waals surface area contributed by atoms with Crippen molar-refractivity contribution < 1.29 is 22.7 Å². The summed E-state index contributed by atoms with van der Waals surface area (Å²) in [7, 11) is -0.692. The maximum atomic E-state index is 12.8. The number of rotatable bonds is 4. The van der Waals surface area contributed by atoms with Crippen molar-refractivity contribution in [3.8, 4) is 0 Å². The highest BCUT2D eigenvalue weighted by Crippen LogP contribution is 2.19. The monoisotopic (exact) mass is 395 g/mol. The van der Waals surface area contributed by atoms with Crippen LogP contribution in [0.3, 0.4) is 0 Å². The van der Waals surface area contributed by atoms with Gasteiger partial charge in [-0.1, -0.05) is 6.07 Å². The topological polar surface area (TPSA) is 87.2 Å². The van der Waals surface area contributed by atoms with Gasteiger partial charge in [0.15, 0.2) is 0 Å². The van der Waals surface area contributed by atoms with Crippen LogP contribution >= 0.6 is 0 Å². The lowest BCUT2D eigenvalue weighted by Crippen LogP contribution is -2.52. The molecule has 2 heterocycles. The minimum atomic E-state index is -3.60. The van der Waals surface area contributed by atoms with Gasteiger partial charge in [0.1, 0.15) is 6.10 Å². The lowest BCUT2D eigenvalue weighted by atomic mass is 10.1. The zero-order valence-electron chi connectivity index (χ0n) is 15.6. The molecule has 2 aliphatic rings. The largest absolute Gasteiger partial charge is 0.368 e. The van der Waals surface area contributed by atoms with Crippen molar-refractivity contribution in [2.75, 3.05) is 46.9 Å². The van der Waals surface area contributed by atoms with Gasteiger partial charge in [0, 0.05) is 52.4 Å². The van der Waals surface area contributed by atoms with Crippen LogP contribution in [0.15, 0.2) is 29.2 Å². The van der Waals surface area contributed by atoms with Crippen molar-refractivity contribution in [3.05, 3.63) is 29.8 Å². The molecule has 0 saturated carbocycles. The highest BCUT2D eigenvalue weighted by Gasteiger charge is 2.31. The molecule has 2 fully saturated rings. The van der Waals surface area contributed by atoms with E-state index in [1.54, 1.807) is 21.9 Å². The van der Waals surface area contributed by atoms with E-state index in [0.29, 0.717) is 38.3 Å². The fourth-order valence-corrected chi connectivity index (χ4v) is 4.24. The molecular weight excluding hydrogens is 370 g/mol. The average Bonchev–Trinajstić information content (AvgIpc) is 3.21. The van der Waals surface area contributed by atoms with E-state index in [9.17, 15) is 18.0 Å². The second kappa shape index (κ2) is 7.95. The first-order valence-electron chi connectivity index (χ1n) is 9.03. The third kappa shape index (κ3) is 4.15. The van der Waals surface area contributed by atoms with Gasteiger partial charge in [-0.2, -0.15) is 0 Å². The number of piperazine rings is 1. The first kappa shape index (κ1) is 19.8. The summed E-state index contributed by atoms with van der Waals surface area (Å²) < 4.78 is 31.1. The van der Waals surface area contributed by atoms with E-state index in [2.05, 4.69) is 0 Å². The van der Waals surface area contributed by atoms with Crippen molar-refractivity contribution >= 4 is 21.8 Å². The van der Waals surface area contributed by atoms with Crippen LogP contribution in [-0.2, 0) is 19.6 Å². The zero-order chi connectivity index (χ0) is 19.6. The van der Waals surface area contributed by atoms with Gasteiger partial charge < -0.3 is 14.5 Å². The summed E-state index contributed by atoms with van der Waals surface area (Å²) >= 11 is 0. The maximum Gasteiger partial charge on any atom is 0.254 e. The Morgan fingerprint density at radius 2 is 1.78 bits per heavy atom. The van der Waals surface area contributed by atoms with Crippen LogP contribution in [0.4, 0.5) is 0 Å². The van der Waals surface area contributed by atoms with Gasteiger partial charge in [0.2, 0.25) is 10.0 Å². The molecule has 0 radical (unpaired) electrons. The second-order valence-electron chi connectivity index (χ2n) is 6.93. The second-order valence-corrected chi connectivity index (χ2v) is 9.09. The molecule has 8 nitrogen and oxygen atoms in total. The molecule has 1 aromatic rings. The highest BCUT2D eigenvalue weighted by molar-refractivity contribution is 7.89. The third-order valence-corrected chi connectivity index (χ3v) is 6.75. The summed E-state index contributed by atoms with van der Waals surface area (Å²) in [5, 5.41) is 0. The van der Waals surface area contributed by atoms with Gasteiger partial charge in [-0.05, 0) is 31.0 Å². The molecule has 3 rings (SSSR count).